The lowest BCUT2D eigenvalue weighted by Gasteiger charge is -2.35. The maximum Gasteiger partial charge on any atom is 0.340 e. The number of aromatic amines is 1. The molecule has 180 valence electrons. The molecule has 1 aromatic heterocycles. The summed E-state index contributed by atoms with van der Waals surface area (Å²) in [6.45, 7) is 12.2. The smallest absolute Gasteiger partial charge is 0.340 e. The van der Waals surface area contributed by atoms with E-state index in [9.17, 15) is 9.59 Å². The average Bonchev–Trinajstić information content (AvgIpc) is 3.06. The minimum Gasteiger partial charge on any atom is -0.460 e. The van der Waals surface area contributed by atoms with Gasteiger partial charge in [0.05, 0.1) is 12.2 Å². The molecule has 0 radical (unpaired) electrons. The zero-order valence-electron chi connectivity index (χ0n) is 20.5. The summed E-state index contributed by atoms with van der Waals surface area (Å²) in [7, 11) is 1.55. The summed E-state index contributed by atoms with van der Waals surface area (Å²) in [5, 5.41) is 3.02. The van der Waals surface area contributed by atoms with Gasteiger partial charge in [-0.15, -0.1) is 0 Å². The zero-order valence-corrected chi connectivity index (χ0v) is 20.5. The maximum absolute atomic E-state index is 12.9. The number of nitrogens with zero attached hydrogens (tertiary/aromatic N) is 1. The lowest BCUT2D eigenvalue weighted by atomic mass is 9.91. The van der Waals surface area contributed by atoms with Crippen molar-refractivity contribution < 1.29 is 19.1 Å². The average molecular weight is 456 g/mol. The third-order valence-electron chi connectivity index (χ3n) is 6.29. The first-order valence-corrected chi connectivity index (χ1v) is 11.7. The highest BCUT2D eigenvalue weighted by Crippen LogP contribution is 2.24. The number of carbonyl (C=O) groups is 2. The number of aryl methyl sites for hydroxylation is 1. The first-order valence-electron chi connectivity index (χ1n) is 11.7. The van der Waals surface area contributed by atoms with Gasteiger partial charge in [-0.1, -0.05) is 38.1 Å². The number of ether oxygens (including phenoxy) is 2. The number of esters is 1. The van der Waals surface area contributed by atoms with E-state index in [1.807, 2.05) is 6.07 Å². The molecule has 0 saturated carbocycles. The van der Waals surface area contributed by atoms with Gasteiger partial charge in [0.2, 0.25) is 0 Å². The van der Waals surface area contributed by atoms with E-state index < -0.39 is 5.97 Å². The Hall–Kier alpha value is -2.64. The van der Waals surface area contributed by atoms with Gasteiger partial charge in [0.1, 0.15) is 12.3 Å². The number of hydrogen-bond acceptors (Lipinski definition) is 5. The number of rotatable bonds is 9. The SMILES string of the molecule is COCCOC(=O)c1c(C)[nH]c(C(=O)NCc2ccccc2CN2CC(C)CC(C)C2)c1C. The molecule has 1 aliphatic heterocycles. The molecule has 2 unspecified atom stereocenters. The highest BCUT2D eigenvalue weighted by Gasteiger charge is 2.24. The standard InChI is InChI=1S/C26H37N3O4/c1-17-12-18(2)15-29(14-17)16-22-9-7-6-8-21(22)13-27-25(30)24-19(3)23(20(4)28-24)26(31)33-11-10-32-5/h6-9,17-18,28H,10-16H2,1-5H3,(H,27,30). The first-order chi connectivity index (χ1) is 15.8. The molecule has 1 amide bonds. The minimum atomic E-state index is -0.451. The van der Waals surface area contributed by atoms with E-state index in [0.717, 1.165) is 25.2 Å². The highest BCUT2D eigenvalue weighted by atomic mass is 16.6. The van der Waals surface area contributed by atoms with Gasteiger partial charge in [-0.05, 0) is 48.8 Å². The van der Waals surface area contributed by atoms with Crippen LogP contribution in [0.4, 0.5) is 0 Å². The monoisotopic (exact) mass is 455 g/mol. The lowest BCUT2D eigenvalue weighted by Crippen LogP contribution is -2.38. The molecule has 1 fully saturated rings. The summed E-state index contributed by atoms with van der Waals surface area (Å²) >= 11 is 0. The molecule has 7 heteroatoms. The number of nitrogens with one attached hydrogen (secondary N) is 2. The van der Waals surface area contributed by atoms with Crippen molar-refractivity contribution >= 4 is 11.9 Å². The molecule has 3 rings (SSSR count). The number of hydrogen-bond donors (Lipinski definition) is 2. The van der Waals surface area contributed by atoms with Gasteiger partial charge in [-0.2, -0.15) is 0 Å². The number of aromatic nitrogens is 1. The van der Waals surface area contributed by atoms with Gasteiger partial charge in [0, 0.05) is 39.0 Å². The Bertz CT molecular complexity index is 958. The third-order valence-corrected chi connectivity index (χ3v) is 6.29. The van der Waals surface area contributed by atoms with Crippen molar-refractivity contribution in [2.24, 2.45) is 11.8 Å². The van der Waals surface area contributed by atoms with Crippen LogP contribution >= 0.6 is 0 Å². The molecule has 2 N–H and O–H groups in total. The van der Waals surface area contributed by atoms with Crippen molar-refractivity contribution in [1.82, 2.24) is 15.2 Å². The van der Waals surface area contributed by atoms with Crippen LogP contribution in [-0.2, 0) is 22.6 Å². The third kappa shape index (κ3) is 6.45. The molecule has 0 aliphatic carbocycles. The zero-order chi connectivity index (χ0) is 24.0. The summed E-state index contributed by atoms with van der Waals surface area (Å²) < 4.78 is 10.2. The molecule has 7 nitrogen and oxygen atoms in total. The van der Waals surface area contributed by atoms with Gasteiger partial charge in [-0.25, -0.2) is 4.79 Å². The normalized spacial score (nSPS) is 18.8. The Morgan fingerprint density at radius 1 is 1.09 bits per heavy atom. The second-order valence-corrected chi connectivity index (χ2v) is 9.35. The Kier molecular flexibility index (Phi) is 8.69. The van der Waals surface area contributed by atoms with Gasteiger partial charge < -0.3 is 19.8 Å². The highest BCUT2D eigenvalue weighted by molar-refractivity contribution is 6.00. The fraction of sp³-hybridized carbons (Fsp3) is 0.538. The van der Waals surface area contributed by atoms with E-state index in [1.54, 1.807) is 21.0 Å². The predicted octanol–water partition coefficient (Wildman–Crippen LogP) is 3.84. The number of benzene rings is 1. The number of piperidine rings is 1. The molecule has 2 heterocycles. The van der Waals surface area contributed by atoms with E-state index in [-0.39, 0.29) is 12.5 Å². The van der Waals surface area contributed by atoms with Crippen molar-refractivity contribution in [3.05, 3.63) is 57.9 Å². The van der Waals surface area contributed by atoms with Gasteiger partial charge in [0.15, 0.2) is 0 Å². The van der Waals surface area contributed by atoms with Crippen LogP contribution in [0, 0.1) is 25.7 Å². The van der Waals surface area contributed by atoms with Crippen LogP contribution in [0.2, 0.25) is 0 Å². The van der Waals surface area contributed by atoms with Crippen molar-refractivity contribution in [3.63, 3.8) is 0 Å². The summed E-state index contributed by atoms with van der Waals surface area (Å²) in [4.78, 5) is 30.9. The van der Waals surface area contributed by atoms with Gasteiger partial charge >= 0.3 is 5.97 Å². The number of amides is 1. The summed E-state index contributed by atoms with van der Waals surface area (Å²) in [5.41, 5.74) is 4.36. The fourth-order valence-corrected chi connectivity index (χ4v) is 4.88. The van der Waals surface area contributed by atoms with Crippen molar-refractivity contribution in [1.29, 1.82) is 0 Å². The van der Waals surface area contributed by atoms with E-state index in [1.165, 1.54) is 12.0 Å². The van der Waals surface area contributed by atoms with Crippen LogP contribution in [0.1, 0.15) is 63.5 Å². The summed E-state index contributed by atoms with van der Waals surface area (Å²) in [5.74, 6) is 0.722. The molecule has 33 heavy (non-hydrogen) atoms. The Labute approximate surface area is 196 Å². The molecule has 2 aromatic rings. The van der Waals surface area contributed by atoms with Crippen molar-refractivity contribution in [2.45, 2.75) is 47.2 Å². The van der Waals surface area contributed by atoms with Crippen LogP contribution < -0.4 is 5.32 Å². The Balaban J connectivity index is 1.66. The van der Waals surface area contributed by atoms with E-state index in [4.69, 9.17) is 9.47 Å². The van der Waals surface area contributed by atoms with Crippen LogP contribution in [0.5, 0.6) is 0 Å². The predicted molar refractivity (Wildman–Crippen MR) is 128 cm³/mol. The minimum absolute atomic E-state index is 0.173. The molecule has 1 aliphatic rings. The number of carbonyl (C=O) groups excluding carboxylic acids is 2. The van der Waals surface area contributed by atoms with Crippen LogP contribution in [0.3, 0.4) is 0 Å². The van der Waals surface area contributed by atoms with Gasteiger partial charge in [0.25, 0.3) is 5.91 Å². The van der Waals surface area contributed by atoms with Crippen LogP contribution in [0.15, 0.2) is 24.3 Å². The second kappa shape index (κ2) is 11.5. The molecule has 1 aromatic carbocycles. The summed E-state index contributed by atoms with van der Waals surface area (Å²) in [6, 6.07) is 8.27. The fourth-order valence-electron chi connectivity index (χ4n) is 4.88. The molecule has 2 atom stereocenters. The topological polar surface area (TPSA) is 83.7 Å². The Morgan fingerprint density at radius 2 is 1.76 bits per heavy atom. The number of likely N-dealkylation sites (tertiary alicyclic amines) is 1. The first kappa shape index (κ1) is 25.0. The second-order valence-electron chi connectivity index (χ2n) is 9.35. The number of methoxy groups -OCH3 is 1. The summed E-state index contributed by atoms with van der Waals surface area (Å²) in [6.07, 6.45) is 1.28. The van der Waals surface area contributed by atoms with Crippen molar-refractivity contribution in [2.75, 3.05) is 33.4 Å². The molecule has 0 bridgehead atoms. The molecular formula is C26H37N3O4. The van der Waals surface area contributed by atoms with Gasteiger partial charge in [-0.3, -0.25) is 9.69 Å². The van der Waals surface area contributed by atoms with Crippen LogP contribution in [-0.4, -0.2) is 55.2 Å². The number of H-pyrrole nitrogens is 1. The quantitative estimate of drug-likeness (QED) is 0.443. The molecule has 1 saturated heterocycles. The Morgan fingerprint density at radius 3 is 2.42 bits per heavy atom. The van der Waals surface area contributed by atoms with E-state index in [0.29, 0.717) is 47.5 Å². The maximum atomic E-state index is 12.9. The van der Waals surface area contributed by atoms with E-state index in [2.05, 4.69) is 47.2 Å². The lowest BCUT2D eigenvalue weighted by molar-refractivity contribution is 0.0386. The largest absolute Gasteiger partial charge is 0.460 e. The van der Waals surface area contributed by atoms with E-state index >= 15 is 0 Å². The van der Waals surface area contributed by atoms with Crippen LogP contribution in [0.25, 0.3) is 0 Å². The molecule has 0 spiro atoms. The molecular weight excluding hydrogens is 418 g/mol. The van der Waals surface area contributed by atoms with Crippen molar-refractivity contribution in [3.8, 4) is 0 Å².